The van der Waals surface area contributed by atoms with Gasteiger partial charge in [-0.05, 0) is 54.7 Å². The van der Waals surface area contributed by atoms with E-state index in [1.54, 1.807) is 12.1 Å². The molecule has 0 spiro atoms. The third-order valence-electron chi connectivity index (χ3n) is 4.53. The molecule has 0 aromatic heterocycles. The van der Waals surface area contributed by atoms with Gasteiger partial charge in [0.25, 0.3) is 0 Å². The van der Waals surface area contributed by atoms with Crippen molar-refractivity contribution < 1.29 is 9.50 Å². The van der Waals surface area contributed by atoms with Crippen LogP contribution in [0.25, 0.3) is 0 Å². The van der Waals surface area contributed by atoms with Crippen LogP contribution in [0, 0.1) is 23.6 Å². The quantitative estimate of drug-likeness (QED) is 0.851. The topological polar surface area (TPSA) is 20.2 Å². The molecule has 1 nitrogen and oxygen atoms in total. The van der Waals surface area contributed by atoms with Gasteiger partial charge in [-0.15, -0.1) is 0 Å². The van der Waals surface area contributed by atoms with Gasteiger partial charge in [-0.2, -0.15) is 0 Å². The molecule has 2 aliphatic carbocycles. The predicted octanol–water partition coefficient (Wildman–Crippen LogP) is 3.17. The molecule has 1 aromatic rings. The number of hydrogen-bond donors (Lipinski definition) is 1. The van der Waals surface area contributed by atoms with Crippen molar-refractivity contribution in [2.75, 3.05) is 0 Å². The van der Waals surface area contributed by atoms with Crippen LogP contribution < -0.4 is 0 Å². The van der Waals surface area contributed by atoms with Crippen LogP contribution in [0.3, 0.4) is 0 Å². The van der Waals surface area contributed by atoms with E-state index in [1.165, 1.54) is 37.8 Å². The predicted molar refractivity (Wildman–Crippen MR) is 65.0 cm³/mol. The normalized spacial score (nSPS) is 32.9. The minimum absolute atomic E-state index is 0.205. The summed E-state index contributed by atoms with van der Waals surface area (Å²) in [6.07, 6.45) is 5.72. The zero-order valence-electron chi connectivity index (χ0n) is 9.98. The van der Waals surface area contributed by atoms with Gasteiger partial charge in [0.2, 0.25) is 0 Å². The van der Waals surface area contributed by atoms with Crippen LogP contribution in [0.5, 0.6) is 0 Å². The van der Waals surface area contributed by atoms with Crippen LogP contribution in [-0.2, 0) is 6.42 Å². The average Bonchev–Trinajstić information content (AvgIpc) is 3.06. The second-order valence-electron chi connectivity index (χ2n) is 5.59. The first-order valence-corrected chi connectivity index (χ1v) is 6.68. The largest absolute Gasteiger partial charge is 0.392 e. The van der Waals surface area contributed by atoms with Crippen LogP contribution in [0.4, 0.5) is 4.39 Å². The first-order chi connectivity index (χ1) is 8.25. The van der Waals surface area contributed by atoms with Crippen LogP contribution in [0.2, 0.25) is 0 Å². The van der Waals surface area contributed by atoms with Gasteiger partial charge in [-0.3, -0.25) is 0 Å². The SMILES string of the molecule is OC(Cc1ccc(F)cc1)C1C2CCCCC21. The van der Waals surface area contributed by atoms with Crippen molar-refractivity contribution in [1.29, 1.82) is 0 Å². The Hall–Kier alpha value is -0.890. The van der Waals surface area contributed by atoms with E-state index in [1.807, 2.05) is 0 Å². The van der Waals surface area contributed by atoms with E-state index in [-0.39, 0.29) is 11.9 Å². The summed E-state index contributed by atoms with van der Waals surface area (Å²) in [4.78, 5) is 0. The van der Waals surface area contributed by atoms with Gasteiger partial charge in [0, 0.05) is 0 Å². The molecule has 0 aliphatic heterocycles. The lowest BCUT2D eigenvalue weighted by Gasteiger charge is -2.10. The molecule has 2 saturated carbocycles. The Labute approximate surface area is 102 Å². The highest BCUT2D eigenvalue weighted by molar-refractivity contribution is 5.18. The molecule has 2 fully saturated rings. The second-order valence-corrected chi connectivity index (χ2v) is 5.59. The molecule has 2 heteroatoms. The molecular weight excluding hydrogens is 215 g/mol. The molecule has 0 amide bonds. The molecule has 17 heavy (non-hydrogen) atoms. The Morgan fingerprint density at radius 2 is 1.71 bits per heavy atom. The Bertz CT molecular complexity index is 374. The third-order valence-corrected chi connectivity index (χ3v) is 4.53. The first-order valence-electron chi connectivity index (χ1n) is 6.68. The molecule has 1 N–H and O–H groups in total. The van der Waals surface area contributed by atoms with Crippen molar-refractivity contribution >= 4 is 0 Å². The number of aliphatic hydroxyl groups is 1. The van der Waals surface area contributed by atoms with Crippen LogP contribution in [0.15, 0.2) is 24.3 Å². The Balaban J connectivity index is 1.60. The molecule has 3 atom stereocenters. The number of aliphatic hydroxyl groups excluding tert-OH is 1. The summed E-state index contributed by atoms with van der Waals surface area (Å²) in [7, 11) is 0. The maximum absolute atomic E-state index is 12.8. The number of benzene rings is 1. The van der Waals surface area contributed by atoms with Gasteiger partial charge in [0.15, 0.2) is 0 Å². The molecule has 3 rings (SSSR count). The zero-order valence-corrected chi connectivity index (χ0v) is 9.98. The number of rotatable bonds is 3. The summed E-state index contributed by atoms with van der Waals surface area (Å²) in [6.45, 7) is 0. The van der Waals surface area contributed by atoms with E-state index in [0.29, 0.717) is 12.3 Å². The van der Waals surface area contributed by atoms with Gasteiger partial charge in [0.05, 0.1) is 6.10 Å². The fourth-order valence-electron chi connectivity index (χ4n) is 3.62. The zero-order chi connectivity index (χ0) is 11.8. The summed E-state index contributed by atoms with van der Waals surface area (Å²) in [5.41, 5.74) is 1.04. The Kier molecular flexibility index (Phi) is 2.91. The molecule has 0 heterocycles. The summed E-state index contributed by atoms with van der Waals surface area (Å²) >= 11 is 0. The smallest absolute Gasteiger partial charge is 0.123 e. The summed E-state index contributed by atoms with van der Waals surface area (Å²) in [5.74, 6) is 1.87. The highest BCUT2D eigenvalue weighted by Crippen LogP contribution is 2.57. The number of fused-ring (bicyclic) bond motifs is 1. The van der Waals surface area contributed by atoms with Gasteiger partial charge < -0.3 is 5.11 Å². The average molecular weight is 234 g/mol. The van der Waals surface area contributed by atoms with Crippen molar-refractivity contribution in [1.82, 2.24) is 0 Å². The van der Waals surface area contributed by atoms with Crippen molar-refractivity contribution in [2.45, 2.75) is 38.2 Å². The summed E-state index contributed by atoms with van der Waals surface area (Å²) < 4.78 is 12.8. The monoisotopic (exact) mass is 234 g/mol. The molecule has 1 aromatic carbocycles. The molecule has 0 radical (unpaired) electrons. The first kappa shape index (κ1) is 11.2. The maximum atomic E-state index is 12.8. The lowest BCUT2D eigenvalue weighted by atomic mass is 10.0. The number of hydrogen-bond acceptors (Lipinski definition) is 1. The fourth-order valence-corrected chi connectivity index (χ4v) is 3.62. The highest BCUT2D eigenvalue weighted by Gasteiger charge is 2.53. The van der Waals surface area contributed by atoms with E-state index in [0.717, 1.165) is 17.4 Å². The lowest BCUT2D eigenvalue weighted by Crippen LogP contribution is -2.15. The van der Waals surface area contributed by atoms with Crippen molar-refractivity contribution in [2.24, 2.45) is 17.8 Å². The van der Waals surface area contributed by atoms with E-state index < -0.39 is 0 Å². The minimum Gasteiger partial charge on any atom is -0.392 e. The number of halogens is 1. The van der Waals surface area contributed by atoms with Gasteiger partial charge >= 0.3 is 0 Å². The molecule has 0 bridgehead atoms. The van der Waals surface area contributed by atoms with Gasteiger partial charge in [-0.25, -0.2) is 4.39 Å². The van der Waals surface area contributed by atoms with Gasteiger partial charge in [0.1, 0.15) is 5.82 Å². The molecular formula is C15H19FO. The van der Waals surface area contributed by atoms with Crippen molar-refractivity contribution in [3.8, 4) is 0 Å². The second kappa shape index (κ2) is 4.41. The van der Waals surface area contributed by atoms with E-state index in [9.17, 15) is 9.50 Å². The standard InChI is InChI=1S/C15H19FO/c16-11-7-5-10(6-8-11)9-14(17)15-12-3-1-2-4-13(12)15/h5-8,12-15,17H,1-4,9H2. The maximum Gasteiger partial charge on any atom is 0.123 e. The molecule has 0 saturated heterocycles. The van der Waals surface area contributed by atoms with Crippen molar-refractivity contribution in [3.05, 3.63) is 35.6 Å². The Morgan fingerprint density at radius 3 is 2.29 bits per heavy atom. The summed E-state index contributed by atoms with van der Waals surface area (Å²) in [6, 6.07) is 6.51. The Morgan fingerprint density at radius 1 is 1.12 bits per heavy atom. The van der Waals surface area contributed by atoms with Crippen LogP contribution in [0.1, 0.15) is 31.2 Å². The molecule has 2 aliphatic rings. The van der Waals surface area contributed by atoms with Crippen molar-refractivity contribution in [3.63, 3.8) is 0 Å². The van der Waals surface area contributed by atoms with Gasteiger partial charge in [-0.1, -0.05) is 25.0 Å². The highest BCUT2D eigenvalue weighted by atomic mass is 19.1. The fraction of sp³-hybridized carbons (Fsp3) is 0.600. The third kappa shape index (κ3) is 2.23. The van der Waals surface area contributed by atoms with E-state index >= 15 is 0 Å². The van der Waals surface area contributed by atoms with E-state index in [4.69, 9.17) is 0 Å². The molecule has 3 unspecified atom stereocenters. The molecule has 92 valence electrons. The minimum atomic E-state index is -0.228. The van der Waals surface area contributed by atoms with Crippen LogP contribution in [-0.4, -0.2) is 11.2 Å². The lowest BCUT2D eigenvalue weighted by molar-refractivity contribution is 0.140. The van der Waals surface area contributed by atoms with Crippen LogP contribution >= 0.6 is 0 Å². The summed E-state index contributed by atoms with van der Waals surface area (Å²) in [5, 5.41) is 10.2. The van der Waals surface area contributed by atoms with E-state index in [2.05, 4.69) is 0 Å².